The van der Waals surface area contributed by atoms with E-state index in [1.165, 1.54) is 19.3 Å². The Labute approximate surface area is 137 Å². The smallest absolute Gasteiger partial charge is 0.147 e. The van der Waals surface area contributed by atoms with E-state index >= 15 is 0 Å². The van der Waals surface area contributed by atoms with Crippen LogP contribution in [0.2, 0.25) is 0 Å². The molecule has 2 aliphatic rings. The third-order valence-electron chi connectivity index (χ3n) is 5.06. The molecule has 2 aliphatic heterocycles. The summed E-state index contributed by atoms with van der Waals surface area (Å²) in [7, 11) is 0. The molecule has 0 radical (unpaired) electrons. The first-order chi connectivity index (χ1) is 11.2. The lowest BCUT2D eigenvalue weighted by Gasteiger charge is -2.33. The number of anilines is 1. The van der Waals surface area contributed by atoms with Crippen molar-refractivity contribution in [3.8, 4) is 0 Å². The van der Waals surface area contributed by atoms with Gasteiger partial charge < -0.3 is 14.9 Å². The van der Waals surface area contributed by atoms with Gasteiger partial charge in [-0.15, -0.1) is 0 Å². The number of fused-ring (bicyclic) bond motifs is 1. The summed E-state index contributed by atoms with van der Waals surface area (Å²) in [6, 6.07) is 7.92. The number of benzene rings is 1. The fraction of sp³-hybridized carbons (Fsp3) is 0.556. The standard InChI is InChI=1S/C18H24N4O/c23-18(13-21-9-4-1-5-10-21)8-11-22(14-18)17-12-19-15-6-2-3-7-16(15)20-17/h2-3,6-7,12,23H,1,4-5,8-11,13-14H2/t18-/m1/s1. The van der Waals surface area contributed by atoms with Crippen LogP contribution >= 0.6 is 0 Å². The quantitative estimate of drug-likeness (QED) is 0.940. The first kappa shape index (κ1) is 14.8. The van der Waals surface area contributed by atoms with Gasteiger partial charge in [-0.3, -0.25) is 4.98 Å². The van der Waals surface area contributed by atoms with Gasteiger partial charge in [0.15, 0.2) is 0 Å². The van der Waals surface area contributed by atoms with Gasteiger partial charge in [-0.05, 0) is 44.5 Å². The van der Waals surface area contributed by atoms with Crippen LogP contribution in [0.25, 0.3) is 11.0 Å². The minimum Gasteiger partial charge on any atom is -0.387 e. The maximum Gasteiger partial charge on any atom is 0.147 e. The Bertz CT molecular complexity index is 686. The summed E-state index contributed by atoms with van der Waals surface area (Å²) in [6.07, 6.45) is 6.48. The molecule has 1 aromatic heterocycles. The number of nitrogens with zero attached hydrogens (tertiary/aromatic N) is 4. The SMILES string of the molecule is O[C@@]1(CN2CCCCC2)CCN(c2cnc3ccccc3n2)C1. The number of aromatic nitrogens is 2. The molecule has 122 valence electrons. The molecule has 1 N–H and O–H groups in total. The first-order valence-corrected chi connectivity index (χ1v) is 8.63. The van der Waals surface area contributed by atoms with Crippen LogP contribution in [-0.2, 0) is 0 Å². The van der Waals surface area contributed by atoms with Crippen molar-refractivity contribution in [3.05, 3.63) is 30.5 Å². The lowest BCUT2D eigenvalue weighted by Crippen LogP contribution is -2.46. The van der Waals surface area contributed by atoms with Gasteiger partial charge >= 0.3 is 0 Å². The molecule has 5 nitrogen and oxygen atoms in total. The second-order valence-electron chi connectivity index (χ2n) is 6.95. The largest absolute Gasteiger partial charge is 0.387 e. The highest BCUT2D eigenvalue weighted by Gasteiger charge is 2.38. The molecule has 0 saturated carbocycles. The zero-order valence-corrected chi connectivity index (χ0v) is 13.5. The van der Waals surface area contributed by atoms with Crippen molar-refractivity contribution in [2.75, 3.05) is 37.6 Å². The van der Waals surface area contributed by atoms with Crippen molar-refractivity contribution in [3.63, 3.8) is 0 Å². The Morgan fingerprint density at radius 2 is 1.83 bits per heavy atom. The summed E-state index contributed by atoms with van der Waals surface area (Å²) < 4.78 is 0. The molecule has 0 bridgehead atoms. The van der Waals surface area contributed by atoms with Crippen molar-refractivity contribution < 1.29 is 5.11 Å². The number of rotatable bonds is 3. The number of hydrogen-bond donors (Lipinski definition) is 1. The zero-order valence-electron chi connectivity index (χ0n) is 13.5. The minimum absolute atomic E-state index is 0.620. The number of para-hydroxylation sites is 2. The summed E-state index contributed by atoms with van der Waals surface area (Å²) in [5.41, 5.74) is 1.21. The summed E-state index contributed by atoms with van der Waals surface area (Å²) in [5.74, 6) is 0.873. The topological polar surface area (TPSA) is 52.5 Å². The Balaban J connectivity index is 1.47. The van der Waals surface area contributed by atoms with Crippen LogP contribution in [0.5, 0.6) is 0 Å². The molecular weight excluding hydrogens is 288 g/mol. The van der Waals surface area contributed by atoms with Gasteiger partial charge in [0.2, 0.25) is 0 Å². The Kier molecular flexibility index (Phi) is 3.91. The summed E-state index contributed by atoms with van der Waals surface area (Å²) in [4.78, 5) is 13.8. The van der Waals surface area contributed by atoms with Gasteiger partial charge in [0.25, 0.3) is 0 Å². The van der Waals surface area contributed by atoms with Gasteiger partial charge in [0.1, 0.15) is 5.82 Å². The molecular formula is C18H24N4O. The lowest BCUT2D eigenvalue weighted by molar-refractivity contribution is 0.0169. The molecule has 5 heteroatoms. The monoisotopic (exact) mass is 312 g/mol. The molecule has 23 heavy (non-hydrogen) atoms. The Morgan fingerprint density at radius 3 is 2.65 bits per heavy atom. The third kappa shape index (κ3) is 3.16. The van der Waals surface area contributed by atoms with Crippen LogP contribution in [0, 0.1) is 0 Å². The van der Waals surface area contributed by atoms with Crippen molar-refractivity contribution in [1.82, 2.24) is 14.9 Å². The van der Waals surface area contributed by atoms with Crippen LogP contribution in [-0.4, -0.2) is 58.3 Å². The van der Waals surface area contributed by atoms with E-state index in [1.807, 2.05) is 30.5 Å². The zero-order chi connectivity index (χ0) is 15.7. The average molecular weight is 312 g/mol. The average Bonchev–Trinajstić information content (AvgIpc) is 2.97. The molecule has 0 amide bonds. The number of β-amino-alcohol motifs (C(OH)–C–C–N with tert-alkyl or cyclic N) is 1. The highest BCUT2D eigenvalue weighted by molar-refractivity contribution is 5.75. The number of piperidine rings is 1. The Hall–Kier alpha value is -1.72. The van der Waals surface area contributed by atoms with Gasteiger partial charge in [-0.1, -0.05) is 18.6 Å². The molecule has 2 aromatic rings. The number of aliphatic hydroxyl groups is 1. The maximum atomic E-state index is 11.0. The predicted molar refractivity (Wildman–Crippen MR) is 91.6 cm³/mol. The van der Waals surface area contributed by atoms with Gasteiger partial charge in [0.05, 0.1) is 22.8 Å². The molecule has 0 aliphatic carbocycles. The van der Waals surface area contributed by atoms with E-state index in [9.17, 15) is 5.11 Å². The van der Waals surface area contributed by atoms with E-state index in [-0.39, 0.29) is 0 Å². The highest BCUT2D eigenvalue weighted by Crippen LogP contribution is 2.27. The van der Waals surface area contributed by atoms with Crippen molar-refractivity contribution in [2.24, 2.45) is 0 Å². The molecule has 3 heterocycles. The van der Waals surface area contributed by atoms with E-state index < -0.39 is 5.60 Å². The van der Waals surface area contributed by atoms with E-state index in [2.05, 4.69) is 14.8 Å². The van der Waals surface area contributed by atoms with Crippen molar-refractivity contribution in [1.29, 1.82) is 0 Å². The molecule has 1 aromatic carbocycles. The second kappa shape index (κ2) is 6.06. The molecule has 0 spiro atoms. The van der Waals surface area contributed by atoms with Crippen LogP contribution in [0.4, 0.5) is 5.82 Å². The molecule has 0 unspecified atom stereocenters. The fourth-order valence-electron chi connectivity index (χ4n) is 3.81. The van der Waals surface area contributed by atoms with E-state index in [4.69, 9.17) is 4.98 Å². The fourth-order valence-corrected chi connectivity index (χ4v) is 3.81. The highest BCUT2D eigenvalue weighted by atomic mass is 16.3. The molecule has 2 fully saturated rings. The molecule has 4 rings (SSSR count). The molecule has 1 atom stereocenters. The first-order valence-electron chi connectivity index (χ1n) is 8.63. The van der Waals surface area contributed by atoms with Crippen molar-refractivity contribution >= 4 is 16.9 Å². The number of likely N-dealkylation sites (tertiary alicyclic amines) is 1. The third-order valence-corrected chi connectivity index (χ3v) is 5.06. The van der Waals surface area contributed by atoms with Gasteiger partial charge in [0, 0.05) is 19.6 Å². The summed E-state index contributed by atoms with van der Waals surface area (Å²) in [6.45, 7) is 4.52. The van der Waals surface area contributed by atoms with E-state index in [0.29, 0.717) is 6.54 Å². The maximum absolute atomic E-state index is 11.0. The molecule has 2 saturated heterocycles. The van der Waals surface area contributed by atoms with Crippen LogP contribution in [0.3, 0.4) is 0 Å². The van der Waals surface area contributed by atoms with E-state index in [1.54, 1.807) is 0 Å². The normalized spacial score (nSPS) is 26.0. The minimum atomic E-state index is -0.620. The second-order valence-corrected chi connectivity index (χ2v) is 6.95. The number of hydrogen-bond acceptors (Lipinski definition) is 5. The van der Waals surface area contributed by atoms with Crippen LogP contribution < -0.4 is 4.90 Å². The van der Waals surface area contributed by atoms with Gasteiger partial charge in [-0.25, -0.2) is 4.98 Å². The predicted octanol–water partition coefficient (Wildman–Crippen LogP) is 2.06. The summed E-state index contributed by atoms with van der Waals surface area (Å²) >= 11 is 0. The van der Waals surface area contributed by atoms with Crippen LogP contribution in [0.15, 0.2) is 30.5 Å². The Morgan fingerprint density at radius 1 is 1.04 bits per heavy atom. The van der Waals surface area contributed by atoms with Gasteiger partial charge in [-0.2, -0.15) is 0 Å². The lowest BCUT2D eigenvalue weighted by atomic mass is 10.0. The van der Waals surface area contributed by atoms with Crippen LogP contribution in [0.1, 0.15) is 25.7 Å². The van der Waals surface area contributed by atoms with Crippen molar-refractivity contribution in [2.45, 2.75) is 31.3 Å². The van der Waals surface area contributed by atoms with E-state index in [0.717, 1.165) is 49.5 Å². The summed E-state index contributed by atoms with van der Waals surface area (Å²) in [5, 5.41) is 11.0.